The highest BCUT2D eigenvalue weighted by atomic mass is 16.5. The predicted octanol–water partition coefficient (Wildman–Crippen LogP) is 5.09. The minimum Gasteiger partial charge on any atom is -0.493 e. The van der Waals surface area contributed by atoms with Gasteiger partial charge in [-0.15, -0.1) is 0 Å². The number of carbonyl (C=O) groups is 1. The van der Waals surface area contributed by atoms with Gasteiger partial charge in [-0.1, -0.05) is 42.5 Å². The fraction of sp³-hybridized carbons (Fsp3) is 0.459. The van der Waals surface area contributed by atoms with E-state index >= 15 is 0 Å². The number of imidazole rings is 1. The van der Waals surface area contributed by atoms with Crippen molar-refractivity contribution in [2.45, 2.75) is 31.7 Å². The molecule has 0 radical (unpaired) electrons. The number of para-hydroxylation sites is 2. The van der Waals surface area contributed by atoms with Crippen molar-refractivity contribution >= 4 is 22.9 Å². The number of ether oxygens (including phenoxy) is 4. The maximum Gasteiger partial charge on any atom is 0.254 e. The Bertz CT molecular complexity index is 1630. The van der Waals surface area contributed by atoms with E-state index in [1.165, 1.54) is 5.56 Å². The molecule has 6 rings (SSSR count). The smallest absolute Gasteiger partial charge is 0.254 e. The van der Waals surface area contributed by atoms with Crippen LogP contribution in [0.5, 0.6) is 17.2 Å². The summed E-state index contributed by atoms with van der Waals surface area (Å²) in [6, 6.07) is 22.6. The topological polar surface area (TPSA) is 81.5 Å². The lowest BCUT2D eigenvalue weighted by atomic mass is 9.76. The molecule has 4 aromatic rings. The lowest BCUT2D eigenvalue weighted by Gasteiger charge is -2.38. The van der Waals surface area contributed by atoms with Gasteiger partial charge in [0.2, 0.25) is 11.7 Å². The van der Waals surface area contributed by atoms with Gasteiger partial charge in [-0.2, -0.15) is 0 Å². The molecule has 2 aliphatic heterocycles. The molecule has 1 amide bonds. The minimum absolute atomic E-state index is 0.0251. The third-order valence-electron chi connectivity index (χ3n) is 9.80. The van der Waals surface area contributed by atoms with Crippen LogP contribution in [0, 0.1) is 0 Å². The number of aromatic nitrogens is 2. The number of piperazine rings is 1. The molecule has 3 heterocycles. The Kier molecular flexibility index (Phi) is 10.2. The van der Waals surface area contributed by atoms with Crippen LogP contribution in [0.3, 0.4) is 0 Å². The number of benzene rings is 3. The summed E-state index contributed by atoms with van der Waals surface area (Å²) in [5.74, 6) is 2.45. The number of methoxy groups -OCH3 is 3. The van der Waals surface area contributed by atoms with Crippen LogP contribution in [0.1, 0.15) is 35.7 Å². The van der Waals surface area contributed by atoms with Crippen LogP contribution in [0.15, 0.2) is 66.7 Å². The van der Waals surface area contributed by atoms with Crippen LogP contribution in [0.4, 0.5) is 5.95 Å². The molecule has 0 aliphatic carbocycles. The van der Waals surface area contributed by atoms with E-state index in [0.29, 0.717) is 49.1 Å². The lowest BCUT2D eigenvalue weighted by molar-refractivity contribution is 0.0779. The number of hydrogen-bond acceptors (Lipinski definition) is 8. The van der Waals surface area contributed by atoms with E-state index in [2.05, 4.69) is 69.0 Å². The molecule has 0 spiro atoms. The highest BCUT2D eigenvalue weighted by molar-refractivity contribution is 5.96. The second kappa shape index (κ2) is 14.6. The van der Waals surface area contributed by atoms with Crippen LogP contribution in [0.2, 0.25) is 0 Å². The Morgan fingerprint density at radius 2 is 1.55 bits per heavy atom. The van der Waals surface area contributed by atoms with Gasteiger partial charge in [-0.3, -0.25) is 9.69 Å². The summed E-state index contributed by atoms with van der Waals surface area (Å²) in [7, 11) is 4.71. The fourth-order valence-electron chi connectivity index (χ4n) is 7.18. The maximum atomic E-state index is 13.9. The molecule has 0 bridgehead atoms. The third-order valence-corrected chi connectivity index (χ3v) is 9.80. The summed E-state index contributed by atoms with van der Waals surface area (Å²) in [5, 5.41) is 0. The van der Waals surface area contributed by atoms with Crippen molar-refractivity contribution in [2.75, 3.05) is 85.3 Å². The largest absolute Gasteiger partial charge is 0.493 e. The lowest BCUT2D eigenvalue weighted by Crippen LogP contribution is -2.48. The summed E-state index contributed by atoms with van der Waals surface area (Å²) in [6.07, 6.45) is 1.89. The standard InChI is InChI=1S/C37H47N5O5/c1-5-47-24-23-42-31-14-10-9-13-30(31)38-36(42)40-21-19-39(20-22-40)17-15-37(29-11-7-6-8-12-29)16-18-41(27-37)35(43)28-25-32(44-2)34(46-4)33(26-28)45-3/h6-14,25-26H,5,15-24,27H2,1-4H3/t37-/m0/s1. The van der Waals surface area contributed by atoms with Gasteiger partial charge in [0.1, 0.15) is 0 Å². The molecule has 2 fully saturated rings. The van der Waals surface area contributed by atoms with Crippen LogP contribution in [0.25, 0.3) is 11.0 Å². The van der Waals surface area contributed by atoms with Crippen molar-refractivity contribution in [3.63, 3.8) is 0 Å². The summed E-state index contributed by atoms with van der Waals surface area (Å²) in [6.45, 7) is 10.3. The molecule has 47 heavy (non-hydrogen) atoms. The molecule has 2 aliphatic rings. The van der Waals surface area contributed by atoms with E-state index in [9.17, 15) is 4.79 Å². The number of amides is 1. The highest BCUT2D eigenvalue weighted by Crippen LogP contribution is 2.41. The maximum absolute atomic E-state index is 13.9. The first-order valence-electron chi connectivity index (χ1n) is 16.7. The number of carbonyl (C=O) groups excluding carboxylic acids is 1. The third kappa shape index (κ3) is 6.75. The highest BCUT2D eigenvalue weighted by Gasteiger charge is 2.42. The second-order valence-corrected chi connectivity index (χ2v) is 12.4. The van der Waals surface area contributed by atoms with Gasteiger partial charge in [0, 0.05) is 63.4 Å². The van der Waals surface area contributed by atoms with Gasteiger partial charge >= 0.3 is 0 Å². The Morgan fingerprint density at radius 1 is 0.851 bits per heavy atom. The Hall–Kier alpha value is -4.28. The fourth-order valence-corrected chi connectivity index (χ4v) is 7.18. The molecule has 1 aromatic heterocycles. The van der Waals surface area contributed by atoms with Crippen molar-refractivity contribution in [3.8, 4) is 17.2 Å². The summed E-state index contributed by atoms with van der Waals surface area (Å²) in [4.78, 5) is 25.9. The zero-order chi connectivity index (χ0) is 32.8. The molecule has 0 saturated carbocycles. The van der Waals surface area contributed by atoms with E-state index in [4.69, 9.17) is 23.9 Å². The van der Waals surface area contributed by atoms with Gasteiger partial charge in [-0.25, -0.2) is 4.98 Å². The average Bonchev–Trinajstić information content (AvgIpc) is 3.73. The van der Waals surface area contributed by atoms with E-state index in [-0.39, 0.29) is 11.3 Å². The van der Waals surface area contributed by atoms with Crippen molar-refractivity contribution in [1.29, 1.82) is 0 Å². The summed E-state index contributed by atoms with van der Waals surface area (Å²) in [5.41, 5.74) is 3.88. The second-order valence-electron chi connectivity index (χ2n) is 12.4. The summed E-state index contributed by atoms with van der Waals surface area (Å²) >= 11 is 0. The van der Waals surface area contributed by atoms with E-state index < -0.39 is 0 Å². The van der Waals surface area contributed by atoms with Crippen LogP contribution < -0.4 is 19.1 Å². The SMILES string of the molecule is CCOCCn1c(N2CCN(CC[C@]3(c4ccccc4)CCN(C(=O)c4cc(OC)c(OC)c(OC)c4)C3)CC2)nc2ccccc21. The van der Waals surface area contributed by atoms with E-state index in [0.717, 1.165) is 69.1 Å². The van der Waals surface area contributed by atoms with Gasteiger partial charge in [0.25, 0.3) is 5.91 Å². The average molecular weight is 642 g/mol. The number of hydrogen-bond donors (Lipinski definition) is 0. The van der Waals surface area contributed by atoms with Crippen molar-refractivity contribution in [2.24, 2.45) is 0 Å². The molecular weight excluding hydrogens is 594 g/mol. The molecule has 10 nitrogen and oxygen atoms in total. The Morgan fingerprint density at radius 3 is 2.23 bits per heavy atom. The van der Waals surface area contributed by atoms with Gasteiger partial charge in [0.05, 0.1) is 39.0 Å². The molecule has 10 heteroatoms. The number of anilines is 1. The molecule has 3 aromatic carbocycles. The van der Waals surface area contributed by atoms with Crippen LogP contribution in [-0.4, -0.2) is 106 Å². The molecule has 0 N–H and O–H groups in total. The van der Waals surface area contributed by atoms with Gasteiger partial charge < -0.3 is 33.3 Å². The molecular formula is C37H47N5O5. The molecule has 2 saturated heterocycles. The van der Waals surface area contributed by atoms with E-state index in [1.54, 1.807) is 33.5 Å². The van der Waals surface area contributed by atoms with Crippen molar-refractivity contribution in [3.05, 3.63) is 77.9 Å². The van der Waals surface area contributed by atoms with Crippen LogP contribution in [-0.2, 0) is 16.7 Å². The minimum atomic E-state index is -0.123. The van der Waals surface area contributed by atoms with Crippen LogP contribution >= 0.6 is 0 Å². The molecule has 1 atom stereocenters. The molecule has 0 unspecified atom stereocenters. The molecule has 250 valence electrons. The predicted molar refractivity (Wildman–Crippen MR) is 184 cm³/mol. The monoisotopic (exact) mass is 641 g/mol. The Balaban J connectivity index is 1.14. The first kappa shape index (κ1) is 32.7. The zero-order valence-corrected chi connectivity index (χ0v) is 28.1. The van der Waals surface area contributed by atoms with Gasteiger partial charge in [0.15, 0.2) is 11.5 Å². The van der Waals surface area contributed by atoms with Crippen molar-refractivity contribution < 1.29 is 23.7 Å². The number of rotatable bonds is 13. The summed E-state index contributed by atoms with van der Waals surface area (Å²) < 4.78 is 24.6. The first-order chi connectivity index (χ1) is 23.0. The first-order valence-corrected chi connectivity index (χ1v) is 16.7. The van der Waals surface area contributed by atoms with Crippen molar-refractivity contribution in [1.82, 2.24) is 19.4 Å². The van der Waals surface area contributed by atoms with Gasteiger partial charge in [-0.05, 0) is 56.1 Å². The van der Waals surface area contributed by atoms with E-state index in [1.807, 2.05) is 11.8 Å². The zero-order valence-electron chi connectivity index (χ0n) is 28.1. The normalized spacial score (nSPS) is 18.6. The number of likely N-dealkylation sites (tertiary alicyclic amines) is 1. The quantitative estimate of drug-likeness (QED) is 0.187. The Labute approximate surface area is 277 Å². The number of fused-ring (bicyclic) bond motifs is 1. The number of nitrogens with zero attached hydrogens (tertiary/aromatic N) is 5.